The maximum atomic E-state index is 11.5. The van der Waals surface area contributed by atoms with E-state index >= 15 is 0 Å². The van der Waals surface area contributed by atoms with Crippen molar-refractivity contribution in [3.63, 3.8) is 0 Å². The fourth-order valence-electron chi connectivity index (χ4n) is 2.03. The van der Waals surface area contributed by atoms with Gasteiger partial charge in [0.25, 0.3) is 0 Å². The molecule has 2 N–H and O–H groups in total. The Morgan fingerprint density at radius 3 is 2.44 bits per heavy atom. The summed E-state index contributed by atoms with van der Waals surface area (Å²) in [6.07, 6.45) is 0.721. The molecular weight excluding hydrogens is 400 g/mol. The Morgan fingerprint density at radius 2 is 1.88 bits per heavy atom. The predicted molar refractivity (Wildman–Crippen MR) is 108 cm³/mol. The third kappa shape index (κ3) is 5.82. The molecule has 0 saturated carbocycles. The van der Waals surface area contributed by atoms with Crippen molar-refractivity contribution in [1.29, 1.82) is 0 Å². The van der Waals surface area contributed by atoms with E-state index in [-0.39, 0.29) is 0 Å². The van der Waals surface area contributed by atoms with E-state index in [9.17, 15) is 4.79 Å². The third-order valence-corrected chi connectivity index (χ3v) is 5.69. The number of carbonyl (C=O) groups is 1. The highest BCUT2D eigenvalue weighted by molar-refractivity contribution is 9.10. The topological polar surface area (TPSA) is 76.1 Å². The maximum absolute atomic E-state index is 11.5. The molecule has 2 aromatic rings. The van der Waals surface area contributed by atoms with Crippen molar-refractivity contribution in [2.45, 2.75) is 25.7 Å². The van der Waals surface area contributed by atoms with Crippen LogP contribution in [0.4, 0.5) is 17.5 Å². The van der Waals surface area contributed by atoms with Crippen LogP contribution in [-0.4, -0.2) is 38.0 Å². The summed E-state index contributed by atoms with van der Waals surface area (Å²) in [5, 5.41) is 6.06. The first kappa shape index (κ1) is 19.4. The molecule has 1 aromatic carbocycles. The summed E-state index contributed by atoms with van der Waals surface area (Å²) >= 11 is 3.40. The van der Waals surface area contributed by atoms with Crippen molar-refractivity contribution < 1.29 is 9.53 Å². The lowest BCUT2D eigenvalue weighted by Gasteiger charge is -2.17. The van der Waals surface area contributed by atoms with Crippen LogP contribution in [0.2, 0.25) is 25.7 Å². The number of nitrogens with one attached hydrogen (secondary N) is 2. The van der Waals surface area contributed by atoms with Gasteiger partial charge in [-0.2, -0.15) is 9.97 Å². The molecule has 0 spiro atoms. The zero-order valence-electron chi connectivity index (χ0n) is 14.9. The van der Waals surface area contributed by atoms with Gasteiger partial charge in [-0.15, -0.1) is 0 Å². The first-order valence-electron chi connectivity index (χ1n) is 8.03. The van der Waals surface area contributed by atoms with E-state index in [1.165, 1.54) is 0 Å². The molecule has 1 heterocycles. The molecule has 25 heavy (non-hydrogen) atoms. The van der Waals surface area contributed by atoms with Crippen LogP contribution < -0.4 is 15.4 Å². The van der Waals surface area contributed by atoms with E-state index in [1.54, 1.807) is 7.05 Å². The molecule has 6 nitrogen and oxygen atoms in total. The minimum absolute atomic E-state index is 0.298. The highest BCUT2D eigenvalue weighted by Crippen LogP contribution is 2.26. The molecule has 0 saturated heterocycles. The predicted octanol–water partition coefficient (Wildman–Crippen LogP) is 4.55. The van der Waals surface area contributed by atoms with Crippen LogP contribution in [0.25, 0.3) is 0 Å². The Balaban J connectivity index is 2.26. The lowest BCUT2D eigenvalue weighted by molar-refractivity contribution is 0.111. The summed E-state index contributed by atoms with van der Waals surface area (Å²) in [5.74, 6) is 1.11. The first-order valence-corrected chi connectivity index (χ1v) is 12.5. The number of ether oxygens (including phenoxy) is 1. The molecular formula is C17H23BrN4O2Si. The summed E-state index contributed by atoms with van der Waals surface area (Å²) in [7, 11) is 0.480. The Morgan fingerprint density at radius 1 is 1.20 bits per heavy atom. The number of hydrogen-bond acceptors (Lipinski definition) is 6. The van der Waals surface area contributed by atoms with Crippen LogP contribution in [0.3, 0.4) is 0 Å². The highest BCUT2D eigenvalue weighted by Gasteiger charge is 2.17. The Hall–Kier alpha value is -1.93. The second kappa shape index (κ2) is 8.44. The second-order valence-corrected chi connectivity index (χ2v) is 13.3. The molecule has 0 aliphatic rings. The van der Waals surface area contributed by atoms with E-state index < -0.39 is 8.07 Å². The molecule has 0 amide bonds. The smallest absolute Gasteiger partial charge is 0.232 e. The van der Waals surface area contributed by atoms with E-state index in [2.05, 4.69) is 56.2 Å². The fourth-order valence-corrected chi connectivity index (χ4v) is 3.01. The van der Waals surface area contributed by atoms with Gasteiger partial charge in [0.05, 0.1) is 6.61 Å². The van der Waals surface area contributed by atoms with Crippen molar-refractivity contribution in [3.8, 4) is 5.88 Å². The first-order chi connectivity index (χ1) is 11.8. The normalized spacial score (nSPS) is 11.1. The number of rotatable bonds is 8. The van der Waals surface area contributed by atoms with Crippen molar-refractivity contribution >= 4 is 47.7 Å². The average Bonchev–Trinajstić information content (AvgIpc) is 2.55. The van der Waals surface area contributed by atoms with E-state index in [0.717, 1.165) is 22.5 Å². The molecule has 0 unspecified atom stereocenters. The number of aldehydes is 1. The summed E-state index contributed by atoms with van der Waals surface area (Å²) in [4.78, 5) is 20.2. The number of aromatic nitrogens is 2. The largest absolute Gasteiger partial charge is 0.477 e. The van der Waals surface area contributed by atoms with Crippen molar-refractivity contribution in [2.75, 3.05) is 24.3 Å². The number of carbonyl (C=O) groups excluding carboxylic acids is 1. The zero-order valence-corrected chi connectivity index (χ0v) is 17.5. The minimum atomic E-state index is -1.23. The quantitative estimate of drug-likeness (QED) is 0.479. The van der Waals surface area contributed by atoms with Gasteiger partial charge in [-0.3, -0.25) is 4.79 Å². The van der Waals surface area contributed by atoms with Crippen LogP contribution in [0, 0.1) is 0 Å². The number of anilines is 3. The Kier molecular flexibility index (Phi) is 6.55. The second-order valence-electron chi connectivity index (χ2n) is 6.77. The van der Waals surface area contributed by atoms with Gasteiger partial charge in [-0.05, 0) is 30.3 Å². The molecule has 0 fully saturated rings. The lowest BCUT2D eigenvalue weighted by atomic mass is 10.3. The molecule has 0 aliphatic heterocycles. The van der Waals surface area contributed by atoms with Crippen LogP contribution in [-0.2, 0) is 0 Å². The number of nitrogens with zero attached hydrogens (tertiary/aromatic N) is 2. The Bertz CT molecular complexity index is 733. The van der Waals surface area contributed by atoms with Crippen molar-refractivity contribution in [1.82, 2.24) is 9.97 Å². The number of halogens is 1. The van der Waals surface area contributed by atoms with Gasteiger partial charge in [0.1, 0.15) is 11.4 Å². The van der Waals surface area contributed by atoms with Crippen LogP contribution in [0.1, 0.15) is 10.4 Å². The summed E-state index contributed by atoms with van der Waals surface area (Å²) in [6, 6.07) is 8.65. The molecule has 8 heteroatoms. The fraction of sp³-hybridized carbons (Fsp3) is 0.353. The Labute approximate surface area is 157 Å². The summed E-state index contributed by atoms with van der Waals surface area (Å²) < 4.78 is 6.80. The summed E-state index contributed by atoms with van der Waals surface area (Å²) in [6.45, 7) is 7.36. The monoisotopic (exact) mass is 422 g/mol. The lowest BCUT2D eigenvalue weighted by Crippen LogP contribution is -2.23. The summed E-state index contributed by atoms with van der Waals surface area (Å²) in [5.41, 5.74) is 1.18. The highest BCUT2D eigenvalue weighted by atomic mass is 79.9. The molecule has 0 bridgehead atoms. The molecule has 0 aliphatic carbocycles. The van der Waals surface area contributed by atoms with Crippen molar-refractivity contribution in [3.05, 3.63) is 34.3 Å². The zero-order chi connectivity index (χ0) is 18.4. The van der Waals surface area contributed by atoms with Crippen LogP contribution >= 0.6 is 15.9 Å². The average molecular weight is 423 g/mol. The van der Waals surface area contributed by atoms with Gasteiger partial charge < -0.3 is 15.4 Å². The van der Waals surface area contributed by atoms with Gasteiger partial charge in [0.2, 0.25) is 11.8 Å². The molecule has 0 atom stereocenters. The number of hydrogen-bond donors (Lipinski definition) is 2. The SMILES string of the molecule is CNc1nc(Nc2ccc(Br)cc2)nc(OCC[Si](C)(C)C)c1C=O. The van der Waals surface area contributed by atoms with Crippen molar-refractivity contribution in [2.24, 2.45) is 0 Å². The van der Waals surface area contributed by atoms with E-state index in [4.69, 9.17) is 4.74 Å². The third-order valence-electron chi connectivity index (χ3n) is 3.46. The van der Waals surface area contributed by atoms with Gasteiger partial charge >= 0.3 is 0 Å². The number of benzene rings is 1. The van der Waals surface area contributed by atoms with Crippen LogP contribution in [0.5, 0.6) is 5.88 Å². The van der Waals surface area contributed by atoms with Gasteiger partial charge in [0.15, 0.2) is 6.29 Å². The molecule has 0 radical (unpaired) electrons. The van der Waals surface area contributed by atoms with Gasteiger partial charge in [0, 0.05) is 25.3 Å². The standard InChI is InChI=1S/C17H23BrN4O2Si/c1-19-15-14(11-23)16(24-9-10-25(2,3)4)22-17(21-15)20-13-7-5-12(18)6-8-13/h5-8,11H,9-10H2,1-4H3,(H2,19,20,21,22). The molecule has 2 rings (SSSR count). The van der Waals surface area contributed by atoms with Crippen LogP contribution in [0.15, 0.2) is 28.7 Å². The van der Waals surface area contributed by atoms with E-state index in [1.807, 2.05) is 24.3 Å². The van der Waals surface area contributed by atoms with E-state index in [0.29, 0.717) is 29.8 Å². The van der Waals surface area contributed by atoms with Gasteiger partial charge in [-0.25, -0.2) is 0 Å². The molecule has 134 valence electrons. The van der Waals surface area contributed by atoms with Gasteiger partial charge in [-0.1, -0.05) is 35.6 Å². The molecule has 1 aromatic heterocycles. The minimum Gasteiger partial charge on any atom is -0.477 e. The maximum Gasteiger partial charge on any atom is 0.232 e.